The predicted octanol–water partition coefficient (Wildman–Crippen LogP) is 0.835. The molecule has 0 aliphatic heterocycles. The van der Waals surface area contributed by atoms with Gasteiger partial charge < -0.3 is 5.48 Å². The van der Waals surface area contributed by atoms with Crippen LogP contribution in [-0.2, 0) is 0 Å². The van der Waals surface area contributed by atoms with E-state index in [0.29, 0.717) is 0 Å². The van der Waals surface area contributed by atoms with Crippen molar-refractivity contribution in [2.45, 2.75) is 0 Å². The Hall–Kier alpha value is -0.410. The van der Waals surface area contributed by atoms with Gasteiger partial charge in [0.15, 0.2) is 0 Å². The summed E-state index contributed by atoms with van der Waals surface area (Å²) in [4.78, 5) is 3.78. The summed E-state index contributed by atoms with van der Waals surface area (Å²) in [5.74, 6) is 0. The van der Waals surface area contributed by atoms with Crippen molar-refractivity contribution in [3.63, 3.8) is 0 Å². The second-order valence-electron chi connectivity index (χ2n) is 1.02. The summed E-state index contributed by atoms with van der Waals surface area (Å²) in [6, 6.07) is 5.72. The molecule has 1 heterocycles. The number of rotatable bonds is 0. The lowest BCUT2D eigenvalue weighted by atomic mass is 10.5. The van der Waals surface area contributed by atoms with Crippen molar-refractivity contribution in [1.29, 1.82) is 0 Å². The summed E-state index contributed by atoms with van der Waals surface area (Å²) < 4.78 is 0. The molecule has 0 atom stereocenters. The lowest BCUT2D eigenvalue weighted by Crippen LogP contribution is -1.58. The van der Waals surface area contributed by atoms with Crippen molar-refractivity contribution in [3.05, 3.63) is 30.6 Å². The highest BCUT2D eigenvalue weighted by molar-refractivity contribution is 8.93. The maximum Gasteiger partial charge on any atom is 0.0267 e. The average Bonchev–Trinajstić information content (AvgIpc) is 1.72. The summed E-state index contributed by atoms with van der Waals surface area (Å²) >= 11 is 0. The second-order valence-corrected chi connectivity index (χ2v) is 1.02. The number of nitrogens with zero attached hydrogens (tertiary/aromatic N) is 1. The summed E-state index contributed by atoms with van der Waals surface area (Å²) in [6.07, 6.45) is 3.50. The maximum atomic E-state index is 3.78. The van der Waals surface area contributed by atoms with Crippen LogP contribution in [0.4, 0.5) is 0 Å². The zero-order valence-corrected chi connectivity index (χ0v) is 5.96. The van der Waals surface area contributed by atoms with Crippen molar-refractivity contribution in [3.8, 4) is 0 Å². The van der Waals surface area contributed by atoms with Crippen LogP contribution in [0.25, 0.3) is 0 Å². The molecule has 0 spiro atoms. The molecule has 0 aliphatic rings. The molecule has 1 aromatic rings. The zero-order valence-electron chi connectivity index (χ0n) is 4.24. The largest absolute Gasteiger partial charge is 0.412 e. The van der Waals surface area contributed by atoms with E-state index in [2.05, 4.69) is 4.98 Å². The quantitative estimate of drug-likeness (QED) is 0.580. The Morgan fingerprint density at radius 1 is 0.875 bits per heavy atom. The van der Waals surface area contributed by atoms with Gasteiger partial charge in [-0.15, -0.1) is 17.0 Å². The smallest absolute Gasteiger partial charge is 0.0267 e. The van der Waals surface area contributed by atoms with Gasteiger partial charge in [0.2, 0.25) is 0 Å². The highest BCUT2D eigenvalue weighted by Crippen LogP contribution is 1.73. The zero-order chi connectivity index (χ0) is 4.24. The lowest BCUT2D eigenvalue weighted by molar-refractivity contribution is 0.824. The van der Waals surface area contributed by atoms with Gasteiger partial charge in [-0.25, -0.2) is 0 Å². The van der Waals surface area contributed by atoms with Gasteiger partial charge in [-0.2, -0.15) is 0 Å². The fourth-order valence-corrected chi connectivity index (χ4v) is 0.313. The lowest BCUT2D eigenvalue weighted by Gasteiger charge is -1.70. The molecule has 0 bridgehead atoms. The second kappa shape index (κ2) is 6.59. The third kappa shape index (κ3) is 3.77. The van der Waals surface area contributed by atoms with E-state index in [1.165, 1.54) is 0 Å². The van der Waals surface area contributed by atoms with Gasteiger partial charge in [-0.3, -0.25) is 4.98 Å². The number of hydrogen-bond donors (Lipinski definition) is 0. The van der Waals surface area contributed by atoms with Crippen molar-refractivity contribution < 1.29 is 5.48 Å². The van der Waals surface area contributed by atoms with Crippen LogP contribution in [0.3, 0.4) is 0 Å². The van der Waals surface area contributed by atoms with Crippen LogP contribution in [0.1, 0.15) is 0 Å². The molecule has 0 aliphatic carbocycles. The van der Waals surface area contributed by atoms with E-state index >= 15 is 0 Å². The van der Waals surface area contributed by atoms with Gasteiger partial charge >= 0.3 is 0 Å². The molecule has 0 saturated heterocycles. The first-order chi connectivity index (χ1) is 3.00. The monoisotopic (exact) mass is 177 g/mol. The molecule has 0 amide bonds. The Morgan fingerprint density at radius 2 is 1.38 bits per heavy atom. The minimum Gasteiger partial charge on any atom is -0.412 e. The van der Waals surface area contributed by atoms with Gasteiger partial charge in [0.05, 0.1) is 0 Å². The summed E-state index contributed by atoms with van der Waals surface area (Å²) in [5.41, 5.74) is 0. The highest BCUT2D eigenvalue weighted by atomic mass is 79.9. The SMILES string of the molecule is Br.O.c1ccncc1. The normalized spacial score (nSPS) is 6.00. The van der Waals surface area contributed by atoms with Crippen LogP contribution < -0.4 is 0 Å². The van der Waals surface area contributed by atoms with Crippen LogP contribution in [0.15, 0.2) is 30.6 Å². The average molecular weight is 178 g/mol. The van der Waals surface area contributed by atoms with Gasteiger partial charge in [-0.1, -0.05) is 6.07 Å². The van der Waals surface area contributed by atoms with E-state index in [1.54, 1.807) is 12.4 Å². The molecule has 3 heteroatoms. The first-order valence-corrected chi connectivity index (χ1v) is 1.85. The standard InChI is InChI=1S/C5H5N.BrH.H2O/c1-2-4-6-5-3-1;;/h1-5H;1H;1H2. The molecule has 0 radical (unpaired) electrons. The third-order valence-electron chi connectivity index (χ3n) is 0.566. The van der Waals surface area contributed by atoms with E-state index in [9.17, 15) is 0 Å². The fraction of sp³-hybridized carbons (Fsp3) is 0. The maximum absolute atomic E-state index is 3.78. The summed E-state index contributed by atoms with van der Waals surface area (Å²) in [7, 11) is 0. The van der Waals surface area contributed by atoms with Crippen molar-refractivity contribution in [1.82, 2.24) is 4.98 Å². The van der Waals surface area contributed by atoms with E-state index in [1.807, 2.05) is 18.2 Å². The fourth-order valence-electron chi connectivity index (χ4n) is 0.313. The van der Waals surface area contributed by atoms with Gasteiger partial charge in [0.25, 0.3) is 0 Å². The van der Waals surface area contributed by atoms with Crippen LogP contribution in [0.5, 0.6) is 0 Å². The molecule has 0 unspecified atom stereocenters. The molecule has 0 fully saturated rings. The Balaban J connectivity index is 0. The first-order valence-electron chi connectivity index (χ1n) is 1.85. The molecule has 46 valence electrons. The number of aromatic nitrogens is 1. The molecule has 0 aromatic carbocycles. The third-order valence-corrected chi connectivity index (χ3v) is 0.566. The minimum atomic E-state index is 0. The Labute approximate surface area is 58.6 Å². The van der Waals surface area contributed by atoms with E-state index in [-0.39, 0.29) is 22.5 Å². The Kier molecular flexibility index (Phi) is 8.69. The molecule has 2 N–H and O–H groups in total. The summed E-state index contributed by atoms with van der Waals surface area (Å²) in [6.45, 7) is 0. The van der Waals surface area contributed by atoms with Crippen LogP contribution in [0.2, 0.25) is 0 Å². The van der Waals surface area contributed by atoms with Gasteiger partial charge in [-0.05, 0) is 12.1 Å². The molecule has 1 rings (SSSR count). The number of halogens is 1. The minimum absolute atomic E-state index is 0. The molecular formula is C5H8BrNO. The molecule has 8 heavy (non-hydrogen) atoms. The van der Waals surface area contributed by atoms with Crippen molar-refractivity contribution >= 4 is 17.0 Å². The van der Waals surface area contributed by atoms with Crippen molar-refractivity contribution in [2.75, 3.05) is 0 Å². The number of pyridine rings is 1. The van der Waals surface area contributed by atoms with Crippen molar-refractivity contribution in [2.24, 2.45) is 0 Å². The van der Waals surface area contributed by atoms with Crippen LogP contribution in [0, 0.1) is 0 Å². The van der Waals surface area contributed by atoms with Crippen LogP contribution in [-0.4, -0.2) is 10.5 Å². The molecular weight excluding hydrogens is 170 g/mol. The van der Waals surface area contributed by atoms with Gasteiger partial charge in [0, 0.05) is 12.4 Å². The molecule has 2 nitrogen and oxygen atoms in total. The predicted molar refractivity (Wildman–Crippen MR) is 38.2 cm³/mol. The summed E-state index contributed by atoms with van der Waals surface area (Å²) in [5, 5.41) is 0. The first kappa shape index (κ1) is 10.5. The van der Waals surface area contributed by atoms with Crippen LogP contribution >= 0.6 is 17.0 Å². The Bertz CT molecular complexity index is 84.4. The topological polar surface area (TPSA) is 44.4 Å². The van der Waals surface area contributed by atoms with E-state index in [4.69, 9.17) is 0 Å². The highest BCUT2D eigenvalue weighted by Gasteiger charge is 1.58. The van der Waals surface area contributed by atoms with Gasteiger partial charge in [0.1, 0.15) is 0 Å². The van der Waals surface area contributed by atoms with E-state index < -0.39 is 0 Å². The Morgan fingerprint density at radius 3 is 1.50 bits per heavy atom. The molecule has 0 saturated carbocycles. The molecule has 1 aromatic heterocycles. The number of hydrogen-bond acceptors (Lipinski definition) is 1. The van der Waals surface area contributed by atoms with E-state index in [0.717, 1.165) is 0 Å².